The Labute approximate surface area is 65.3 Å². The monoisotopic (exact) mass is 156 g/mol. The number of rotatable bonds is 2. The largest absolute Gasteiger partial charge is 0.447 e. The summed E-state index contributed by atoms with van der Waals surface area (Å²) in [5.41, 5.74) is 5.48. The molecule has 2 rings (SSSR count). The molecule has 1 amide bonds. The molecule has 2 N–H and O–H groups in total. The number of ether oxygens (including phenoxy) is 1. The van der Waals surface area contributed by atoms with E-state index in [2.05, 4.69) is 0 Å². The summed E-state index contributed by atoms with van der Waals surface area (Å²) in [7, 11) is 0. The Morgan fingerprint density at radius 1 is 1.64 bits per heavy atom. The van der Waals surface area contributed by atoms with Gasteiger partial charge in [0, 0.05) is 12.6 Å². The molecule has 0 spiro atoms. The molecule has 0 aromatic carbocycles. The topological polar surface area (TPSA) is 55.6 Å². The molecule has 0 bridgehead atoms. The first-order valence-corrected chi connectivity index (χ1v) is 3.98. The maximum atomic E-state index is 11.1. The van der Waals surface area contributed by atoms with Crippen molar-refractivity contribution in [2.75, 3.05) is 13.2 Å². The summed E-state index contributed by atoms with van der Waals surface area (Å²) in [6, 6.07) is 0.563. The number of hydrogen-bond acceptors (Lipinski definition) is 3. The van der Waals surface area contributed by atoms with E-state index in [-0.39, 0.29) is 12.1 Å². The van der Waals surface area contributed by atoms with Gasteiger partial charge in [-0.25, -0.2) is 4.79 Å². The van der Waals surface area contributed by atoms with Crippen molar-refractivity contribution in [1.29, 1.82) is 0 Å². The van der Waals surface area contributed by atoms with Crippen LogP contribution in [0.5, 0.6) is 0 Å². The molecule has 1 atom stereocenters. The standard InChI is InChI=1S/C7H12N2O2/c8-3-6-4-11-7(10)9(6)5-1-2-5/h5-6H,1-4,8H2. The highest BCUT2D eigenvalue weighted by atomic mass is 16.6. The van der Waals surface area contributed by atoms with E-state index in [0.717, 1.165) is 12.8 Å². The Bertz CT molecular complexity index is 179. The predicted molar refractivity (Wildman–Crippen MR) is 39.1 cm³/mol. The van der Waals surface area contributed by atoms with Crippen LogP contribution in [0.3, 0.4) is 0 Å². The number of nitrogens with two attached hydrogens (primary N) is 1. The summed E-state index contributed by atoms with van der Waals surface area (Å²) in [6.45, 7) is 0.994. The molecule has 1 unspecified atom stereocenters. The predicted octanol–water partition coefficient (Wildman–Crippen LogP) is -0.0717. The van der Waals surface area contributed by atoms with Gasteiger partial charge in [0.1, 0.15) is 6.61 Å². The van der Waals surface area contributed by atoms with E-state index in [1.165, 1.54) is 0 Å². The number of carbonyl (C=O) groups excluding carboxylic acids is 1. The minimum atomic E-state index is -0.178. The van der Waals surface area contributed by atoms with Crippen molar-refractivity contribution >= 4 is 6.09 Å². The molecule has 0 aromatic rings. The molecule has 4 nitrogen and oxygen atoms in total. The van der Waals surface area contributed by atoms with Crippen molar-refractivity contribution in [1.82, 2.24) is 4.90 Å². The zero-order chi connectivity index (χ0) is 7.84. The molecule has 2 fully saturated rings. The SMILES string of the molecule is NCC1COC(=O)N1C1CC1. The highest BCUT2D eigenvalue weighted by molar-refractivity contribution is 5.71. The second-order valence-electron chi connectivity index (χ2n) is 3.10. The van der Waals surface area contributed by atoms with E-state index < -0.39 is 0 Å². The minimum absolute atomic E-state index is 0.134. The highest BCUT2D eigenvalue weighted by Crippen LogP contribution is 2.31. The number of nitrogens with zero attached hydrogens (tertiary/aromatic N) is 1. The maximum absolute atomic E-state index is 11.1. The Morgan fingerprint density at radius 2 is 2.36 bits per heavy atom. The van der Waals surface area contributed by atoms with E-state index in [4.69, 9.17) is 10.5 Å². The number of amides is 1. The normalized spacial score (nSPS) is 30.8. The van der Waals surface area contributed by atoms with Gasteiger partial charge in [0.2, 0.25) is 0 Å². The fraction of sp³-hybridized carbons (Fsp3) is 0.857. The third kappa shape index (κ3) is 1.07. The van der Waals surface area contributed by atoms with Gasteiger partial charge in [0.25, 0.3) is 0 Å². The smallest absolute Gasteiger partial charge is 0.410 e. The van der Waals surface area contributed by atoms with E-state index in [1.807, 2.05) is 0 Å². The second kappa shape index (κ2) is 2.37. The first kappa shape index (κ1) is 6.91. The van der Waals surface area contributed by atoms with Crippen LogP contribution >= 0.6 is 0 Å². The van der Waals surface area contributed by atoms with Gasteiger partial charge in [-0.2, -0.15) is 0 Å². The molecule has 0 radical (unpaired) electrons. The first-order valence-electron chi connectivity index (χ1n) is 3.98. The lowest BCUT2D eigenvalue weighted by Gasteiger charge is -2.18. The van der Waals surface area contributed by atoms with E-state index in [9.17, 15) is 4.79 Å². The van der Waals surface area contributed by atoms with Crippen LogP contribution in [-0.4, -0.2) is 36.2 Å². The van der Waals surface area contributed by atoms with Gasteiger partial charge in [-0.05, 0) is 12.8 Å². The third-order valence-electron chi connectivity index (χ3n) is 2.22. The molecule has 62 valence electrons. The molecule has 1 heterocycles. The van der Waals surface area contributed by atoms with Gasteiger partial charge in [-0.15, -0.1) is 0 Å². The number of cyclic esters (lactones) is 1. The zero-order valence-electron chi connectivity index (χ0n) is 6.32. The second-order valence-corrected chi connectivity index (χ2v) is 3.10. The lowest BCUT2D eigenvalue weighted by Crippen LogP contribution is -2.40. The molecule has 1 saturated carbocycles. The quantitative estimate of drug-likeness (QED) is 0.608. The first-order chi connectivity index (χ1) is 5.33. The molecular weight excluding hydrogens is 144 g/mol. The van der Waals surface area contributed by atoms with Gasteiger partial charge >= 0.3 is 6.09 Å². The summed E-state index contributed by atoms with van der Waals surface area (Å²) in [6.07, 6.45) is 2.06. The Kier molecular flexibility index (Phi) is 1.49. The summed E-state index contributed by atoms with van der Waals surface area (Å²) in [5.74, 6) is 0. The van der Waals surface area contributed by atoms with Gasteiger partial charge in [-0.1, -0.05) is 0 Å². The van der Waals surface area contributed by atoms with E-state index in [1.54, 1.807) is 4.90 Å². The van der Waals surface area contributed by atoms with Crippen LogP contribution in [0.15, 0.2) is 0 Å². The van der Waals surface area contributed by atoms with Crippen LogP contribution in [0.2, 0.25) is 0 Å². The Hall–Kier alpha value is -0.770. The average Bonchev–Trinajstić information content (AvgIpc) is 2.76. The molecule has 1 saturated heterocycles. The minimum Gasteiger partial charge on any atom is -0.447 e. The molecule has 1 aliphatic heterocycles. The molecular formula is C7H12N2O2. The van der Waals surface area contributed by atoms with Crippen LogP contribution in [0.4, 0.5) is 4.79 Å². The summed E-state index contributed by atoms with van der Waals surface area (Å²) in [5, 5.41) is 0. The van der Waals surface area contributed by atoms with Crippen molar-refractivity contribution in [3.8, 4) is 0 Å². The Morgan fingerprint density at radius 3 is 2.91 bits per heavy atom. The van der Waals surface area contributed by atoms with Crippen LogP contribution < -0.4 is 5.73 Å². The molecule has 4 heteroatoms. The summed E-state index contributed by atoms with van der Waals surface area (Å²) >= 11 is 0. The number of carbonyl (C=O) groups is 1. The van der Waals surface area contributed by atoms with Gasteiger partial charge < -0.3 is 10.5 Å². The summed E-state index contributed by atoms with van der Waals surface area (Å²) in [4.78, 5) is 12.9. The van der Waals surface area contributed by atoms with E-state index >= 15 is 0 Å². The van der Waals surface area contributed by atoms with Crippen LogP contribution in [0.25, 0.3) is 0 Å². The fourth-order valence-corrected chi connectivity index (χ4v) is 1.45. The molecule has 11 heavy (non-hydrogen) atoms. The Balaban J connectivity index is 2.05. The van der Waals surface area contributed by atoms with Crippen LogP contribution in [0, 0.1) is 0 Å². The van der Waals surface area contributed by atoms with Gasteiger partial charge in [0.15, 0.2) is 0 Å². The highest BCUT2D eigenvalue weighted by Gasteiger charge is 2.42. The van der Waals surface area contributed by atoms with Crippen molar-refractivity contribution in [2.45, 2.75) is 24.9 Å². The van der Waals surface area contributed by atoms with Crippen LogP contribution in [0.1, 0.15) is 12.8 Å². The molecule has 0 aromatic heterocycles. The third-order valence-corrected chi connectivity index (χ3v) is 2.22. The number of hydrogen-bond donors (Lipinski definition) is 1. The van der Waals surface area contributed by atoms with Crippen molar-refractivity contribution in [3.05, 3.63) is 0 Å². The van der Waals surface area contributed by atoms with Crippen molar-refractivity contribution < 1.29 is 9.53 Å². The van der Waals surface area contributed by atoms with Gasteiger partial charge in [-0.3, -0.25) is 4.90 Å². The van der Waals surface area contributed by atoms with Crippen molar-refractivity contribution in [2.24, 2.45) is 5.73 Å². The maximum Gasteiger partial charge on any atom is 0.410 e. The summed E-state index contributed by atoms with van der Waals surface area (Å²) < 4.78 is 4.88. The lowest BCUT2D eigenvalue weighted by molar-refractivity contribution is 0.156. The van der Waals surface area contributed by atoms with Crippen molar-refractivity contribution in [3.63, 3.8) is 0 Å². The van der Waals surface area contributed by atoms with Gasteiger partial charge in [0.05, 0.1) is 6.04 Å². The van der Waals surface area contributed by atoms with Crippen LogP contribution in [-0.2, 0) is 4.74 Å². The molecule has 2 aliphatic rings. The van der Waals surface area contributed by atoms with E-state index in [0.29, 0.717) is 19.2 Å². The average molecular weight is 156 g/mol. The zero-order valence-corrected chi connectivity index (χ0v) is 6.32. The lowest BCUT2D eigenvalue weighted by atomic mass is 10.3. The molecule has 1 aliphatic carbocycles. The fourth-order valence-electron chi connectivity index (χ4n) is 1.45.